The number of nitrogens with zero attached hydrogens (tertiary/aromatic N) is 1. The summed E-state index contributed by atoms with van der Waals surface area (Å²) >= 11 is 0. The highest BCUT2D eigenvalue weighted by atomic mass is 16.6. The highest BCUT2D eigenvalue weighted by Gasteiger charge is 2.13. The number of para-hydroxylation sites is 2. The van der Waals surface area contributed by atoms with Crippen molar-refractivity contribution in [1.82, 2.24) is 10.6 Å². The van der Waals surface area contributed by atoms with Gasteiger partial charge in [0.1, 0.15) is 0 Å². The van der Waals surface area contributed by atoms with Crippen LogP contribution in [0, 0.1) is 10.1 Å². The summed E-state index contributed by atoms with van der Waals surface area (Å²) in [6.07, 6.45) is 1.41. The summed E-state index contributed by atoms with van der Waals surface area (Å²) in [6, 6.07) is 6.13. The van der Waals surface area contributed by atoms with E-state index in [2.05, 4.69) is 10.6 Å². The molecule has 0 fully saturated rings. The van der Waals surface area contributed by atoms with Crippen LogP contribution >= 0.6 is 0 Å². The number of nitro groups is 1. The first-order valence-electron chi connectivity index (χ1n) is 7.38. The summed E-state index contributed by atoms with van der Waals surface area (Å²) in [4.78, 5) is 32.5. The average molecular weight is 323 g/mol. The predicted molar refractivity (Wildman–Crippen MR) is 84.1 cm³/mol. The van der Waals surface area contributed by atoms with Crippen molar-refractivity contribution in [3.05, 3.63) is 34.4 Å². The summed E-state index contributed by atoms with van der Waals surface area (Å²) in [5, 5.41) is 16.2. The first-order valence-corrected chi connectivity index (χ1v) is 7.38. The smallest absolute Gasteiger partial charge is 0.310 e. The minimum atomic E-state index is -0.503. The Hall–Kier alpha value is -2.64. The van der Waals surface area contributed by atoms with Gasteiger partial charge in [0.15, 0.2) is 5.75 Å². The predicted octanol–water partition coefficient (Wildman–Crippen LogP) is 1.40. The van der Waals surface area contributed by atoms with Crippen molar-refractivity contribution in [3.63, 3.8) is 0 Å². The third-order valence-electron chi connectivity index (χ3n) is 2.92. The number of benzene rings is 1. The maximum absolute atomic E-state index is 11.6. The van der Waals surface area contributed by atoms with Crippen LogP contribution in [0.1, 0.15) is 26.2 Å². The molecule has 0 aliphatic heterocycles. The van der Waals surface area contributed by atoms with Gasteiger partial charge in [0.2, 0.25) is 11.8 Å². The van der Waals surface area contributed by atoms with Crippen molar-refractivity contribution in [2.24, 2.45) is 0 Å². The van der Waals surface area contributed by atoms with Crippen LogP contribution in [0.15, 0.2) is 24.3 Å². The number of nitro benzene ring substituents is 1. The summed E-state index contributed by atoms with van der Waals surface area (Å²) < 4.78 is 5.35. The fourth-order valence-corrected chi connectivity index (χ4v) is 1.81. The lowest BCUT2D eigenvalue weighted by molar-refractivity contribution is -0.385. The molecule has 0 aliphatic carbocycles. The van der Waals surface area contributed by atoms with E-state index in [9.17, 15) is 19.7 Å². The summed E-state index contributed by atoms with van der Waals surface area (Å²) in [6.45, 7) is 2.68. The van der Waals surface area contributed by atoms with Gasteiger partial charge in [0, 0.05) is 32.5 Å². The van der Waals surface area contributed by atoms with E-state index in [-0.39, 0.29) is 36.3 Å². The number of amides is 2. The molecule has 0 atom stereocenters. The van der Waals surface area contributed by atoms with Gasteiger partial charge in [-0.2, -0.15) is 0 Å². The molecule has 2 N–H and O–H groups in total. The minimum absolute atomic E-state index is 0.0880. The van der Waals surface area contributed by atoms with Crippen LogP contribution in [0.25, 0.3) is 0 Å². The van der Waals surface area contributed by atoms with Crippen LogP contribution in [0.3, 0.4) is 0 Å². The number of nitrogens with one attached hydrogen (secondary N) is 2. The molecule has 0 saturated carbocycles. The second-order valence-electron chi connectivity index (χ2n) is 4.86. The maximum Gasteiger partial charge on any atom is 0.310 e. The Bertz CT molecular complexity index is 548. The van der Waals surface area contributed by atoms with Gasteiger partial charge in [-0.3, -0.25) is 19.7 Å². The molecule has 1 aromatic carbocycles. The van der Waals surface area contributed by atoms with E-state index >= 15 is 0 Å². The zero-order valence-electron chi connectivity index (χ0n) is 13.0. The van der Waals surface area contributed by atoms with Crippen molar-refractivity contribution >= 4 is 17.5 Å². The molecule has 0 spiro atoms. The van der Waals surface area contributed by atoms with Gasteiger partial charge in [-0.25, -0.2) is 0 Å². The SMILES string of the molecule is CC(=O)NCCCNC(=O)CCCOc1ccccc1[N+](=O)[O-]. The van der Waals surface area contributed by atoms with Gasteiger partial charge < -0.3 is 15.4 Å². The molecule has 0 heterocycles. The van der Waals surface area contributed by atoms with Crippen LogP contribution in [-0.4, -0.2) is 36.4 Å². The quantitative estimate of drug-likeness (QED) is 0.384. The van der Waals surface area contributed by atoms with Crippen molar-refractivity contribution in [1.29, 1.82) is 0 Å². The van der Waals surface area contributed by atoms with E-state index in [1.54, 1.807) is 12.1 Å². The maximum atomic E-state index is 11.6. The second-order valence-corrected chi connectivity index (χ2v) is 4.86. The van der Waals surface area contributed by atoms with E-state index < -0.39 is 4.92 Å². The molecule has 8 heteroatoms. The fourth-order valence-electron chi connectivity index (χ4n) is 1.81. The van der Waals surface area contributed by atoms with E-state index in [4.69, 9.17) is 4.74 Å². The summed E-state index contributed by atoms with van der Waals surface area (Å²) in [5.74, 6) is -0.00400. The van der Waals surface area contributed by atoms with Crippen LogP contribution in [0.2, 0.25) is 0 Å². The van der Waals surface area contributed by atoms with Crippen LogP contribution < -0.4 is 15.4 Å². The Morgan fingerprint density at radius 1 is 1.17 bits per heavy atom. The number of ether oxygens (including phenoxy) is 1. The Morgan fingerprint density at radius 3 is 2.57 bits per heavy atom. The fraction of sp³-hybridized carbons (Fsp3) is 0.467. The molecule has 1 aromatic rings. The zero-order chi connectivity index (χ0) is 17.1. The van der Waals surface area contributed by atoms with Crippen LogP contribution in [0.4, 0.5) is 5.69 Å². The monoisotopic (exact) mass is 323 g/mol. The molecule has 0 aliphatic rings. The number of rotatable bonds is 10. The van der Waals surface area contributed by atoms with E-state index in [0.29, 0.717) is 25.9 Å². The molecule has 0 bridgehead atoms. The van der Waals surface area contributed by atoms with Gasteiger partial charge in [-0.15, -0.1) is 0 Å². The normalized spacial score (nSPS) is 9.96. The van der Waals surface area contributed by atoms with Crippen molar-refractivity contribution < 1.29 is 19.2 Å². The summed E-state index contributed by atoms with van der Waals surface area (Å²) in [5.41, 5.74) is -0.0880. The first-order chi connectivity index (χ1) is 11.0. The van der Waals surface area contributed by atoms with E-state index in [1.165, 1.54) is 19.1 Å². The Labute approximate surface area is 134 Å². The number of hydrogen-bond donors (Lipinski definition) is 2. The van der Waals surface area contributed by atoms with E-state index in [0.717, 1.165) is 0 Å². The molecular formula is C15H21N3O5. The van der Waals surface area contributed by atoms with Crippen molar-refractivity contribution in [2.45, 2.75) is 26.2 Å². The van der Waals surface area contributed by atoms with Gasteiger partial charge in [-0.05, 0) is 18.9 Å². The lowest BCUT2D eigenvalue weighted by Gasteiger charge is -2.07. The minimum Gasteiger partial charge on any atom is -0.487 e. The van der Waals surface area contributed by atoms with Crippen molar-refractivity contribution in [3.8, 4) is 5.75 Å². The summed E-state index contributed by atoms with van der Waals surface area (Å²) in [7, 11) is 0. The number of hydrogen-bond acceptors (Lipinski definition) is 5. The Morgan fingerprint density at radius 2 is 1.87 bits per heavy atom. The average Bonchev–Trinajstić information content (AvgIpc) is 2.51. The number of carbonyl (C=O) groups excluding carboxylic acids is 2. The Kier molecular flexibility index (Phi) is 8.12. The molecule has 1 rings (SSSR count). The third-order valence-corrected chi connectivity index (χ3v) is 2.92. The second kappa shape index (κ2) is 10.1. The largest absolute Gasteiger partial charge is 0.487 e. The molecule has 8 nitrogen and oxygen atoms in total. The molecule has 126 valence electrons. The highest BCUT2D eigenvalue weighted by molar-refractivity contribution is 5.75. The van der Waals surface area contributed by atoms with Gasteiger partial charge >= 0.3 is 5.69 Å². The molecule has 0 radical (unpaired) electrons. The third kappa shape index (κ3) is 7.79. The van der Waals surface area contributed by atoms with Crippen LogP contribution in [0.5, 0.6) is 5.75 Å². The van der Waals surface area contributed by atoms with Gasteiger partial charge in [0.05, 0.1) is 11.5 Å². The lowest BCUT2D eigenvalue weighted by Crippen LogP contribution is -2.28. The zero-order valence-corrected chi connectivity index (χ0v) is 13.0. The molecular weight excluding hydrogens is 302 g/mol. The highest BCUT2D eigenvalue weighted by Crippen LogP contribution is 2.25. The van der Waals surface area contributed by atoms with Gasteiger partial charge in [-0.1, -0.05) is 12.1 Å². The Balaban J connectivity index is 2.16. The molecule has 23 heavy (non-hydrogen) atoms. The number of carbonyl (C=O) groups is 2. The molecule has 2 amide bonds. The van der Waals surface area contributed by atoms with E-state index in [1.807, 2.05) is 0 Å². The van der Waals surface area contributed by atoms with Crippen LogP contribution in [-0.2, 0) is 9.59 Å². The molecule has 0 aromatic heterocycles. The topological polar surface area (TPSA) is 111 Å². The lowest BCUT2D eigenvalue weighted by atomic mass is 10.3. The first kappa shape index (κ1) is 18.4. The molecule has 0 unspecified atom stereocenters. The van der Waals surface area contributed by atoms with Crippen molar-refractivity contribution in [2.75, 3.05) is 19.7 Å². The standard InChI is InChI=1S/C15H21N3O5/c1-12(19)16-9-5-10-17-15(20)8-4-11-23-14-7-3-2-6-13(14)18(21)22/h2-3,6-7H,4-5,8-11H2,1H3,(H,16,19)(H,17,20). The van der Waals surface area contributed by atoms with Gasteiger partial charge in [0.25, 0.3) is 0 Å². The molecule has 0 saturated heterocycles.